The number of nitrogens with zero attached hydrogens (tertiary/aromatic N) is 2. The van der Waals surface area contributed by atoms with E-state index in [1.807, 2.05) is 0 Å². The van der Waals surface area contributed by atoms with E-state index in [0.717, 1.165) is 24.1 Å². The molecular formula is C35H56N2. The lowest BCUT2D eigenvalue weighted by atomic mass is 9.77. The molecule has 0 N–H and O–H groups in total. The van der Waals surface area contributed by atoms with Crippen LogP contribution in [0, 0.1) is 11.8 Å². The predicted octanol–water partition coefficient (Wildman–Crippen LogP) is 10.9. The molecule has 1 aromatic carbocycles. The first kappa shape index (κ1) is 29.9. The van der Waals surface area contributed by atoms with Gasteiger partial charge in [0, 0.05) is 18.0 Å². The molecule has 1 aliphatic rings. The van der Waals surface area contributed by atoms with Crippen LogP contribution in [0.25, 0.3) is 11.4 Å². The van der Waals surface area contributed by atoms with Gasteiger partial charge >= 0.3 is 0 Å². The van der Waals surface area contributed by atoms with E-state index in [1.54, 1.807) is 0 Å². The van der Waals surface area contributed by atoms with Crippen molar-refractivity contribution in [1.29, 1.82) is 0 Å². The van der Waals surface area contributed by atoms with Crippen molar-refractivity contribution < 1.29 is 0 Å². The van der Waals surface area contributed by atoms with E-state index in [4.69, 9.17) is 9.97 Å². The van der Waals surface area contributed by atoms with Crippen molar-refractivity contribution >= 4 is 0 Å². The van der Waals surface area contributed by atoms with E-state index < -0.39 is 0 Å². The van der Waals surface area contributed by atoms with Gasteiger partial charge in [0.05, 0.1) is 0 Å². The minimum atomic E-state index is 0.875. The third-order valence-corrected chi connectivity index (χ3v) is 8.73. The Morgan fingerprint density at radius 3 is 1.81 bits per heavy atom. The molecule has 1 saturated carbocycles. The fourth-order valence-corrected chi connectivity index (χ4v) is 6.18. The lowest BCUT2D eigenvalue weighted by molar-refractivity contribution is 0.248. The Labute approximate surface area is 229 Å². The van der Waals surface area contributed by atoms with E-state index in [9.17, 15) is 0 Å². The molecule has 2 aromatic rings. The van der Waals surface area contributed by atoms with Gasteiger partial charge in [0.2, 0.25) is 0 Å². The topological polar surface area (TPSA) is 25.8 Å². The Morgan fingerprint density at radius 1 is 0.595 bits per heavy atom. The van der Waals surface area contributed by atoms with Gasteiger partial charge in [0.25, 0.3) is 0 Å². The summed E-state index contributed by atoms with van der Waals surface area (Å²) in [6.07, 6.45) is 33.1. The molecule has 206 valence electrons. The molecule has 2 heteroatoms. The molecule has 0 radical (unpaired) electrons. The molecule has 0 saturated heterocycles. The Balaban J connectivity index is 1.33. The van der Waals surface area contributed by atoms with E-state index in [0.29, 0.717) is 0 Å². The van der Waals surface area contributed by atoms with Crippen LogP contribution in [0.1, 0.15) is 147 Å². The van der Waals surface area contributed by atoms with Crippen LogP contribution in [-0.4, -0.2) is 9.97 Å². The summed E-state index contributed by atoms with van der Waals surface area (Å²) in [6, 6.07) is 8.98. The highest BCUT2D eigenvalue weighted by Crippen LogP contribution is 2.34. The van der Waals surface area contributed by atoms with E-state index in [-0.39, 0.29) is 0 Å². The van der Waals surface area contributed by atoms with Gasteiger partial charge in [-0.25, -0.2) is 9.97 Å². The molecule has 1 aliphatic carbocycles. The maximum Gasteiger partial charge on any atom is 0.159 e. The first-order valence-corrected chi connectivity index (χ1v) is 16.2. The lowest BCUT2D eigenvalue weighted by Gasteiger charge is -2.28. The Hall–Kier alpha value is -1.70. The number of hydrogen-bond acceptors (Lipinski definition) is 2. The van der Waals surface area contributed by atoms with Crippen LogP contribution in [0.3, 0.4) is 0 Å². The standard InChI is InChI=1S/C35H56N2/c1-3-5-7-9-11-13-15-18-33-28-36-35(37-29-33)34-20-16-19-32(27-34)26-25-31-23-21-30(22-24-31)17-14-12-10-8-6-4-2/h16,19-20,27-31H,3-15,17-18,21-26H2,1-2H3. The molecule has 0 bridgehead atoms. The third-order valence-electron chi connectivity index (χ3n) is 8.73. The summed E-state index contributed by atoms with van der Waals surface area (Å²) in [7, 11) is 0. The number of rotatable bonds is 19. The second-order valence-corrected chi connectivity index (χ2v) is 12.0. The van der Waals surface area contributed by atoms with Gasteiger partial charge in [0.15, 0.2) is 5.82 Å². The van der Waals surface area contributed by atoms with Crippen molar-refractivity contribution in [3.63, 3.8) is 0 Å². The zero-order chi connectivity index (χ0) is 26.0. The zero-order valence-corrected chi connectivity index (χ0v) is 24.4. The van der Waals surface area contributed by atoms with E-state index >= 15 is 0 Å². The Morgan fingerprint density at radius 2 is 1.16 bits per heavy atom. The van der Waals surface area contributed by atoms with Crippen LogP contribution in [0.15, 0.2) is 36.7 Å². The molecule has 1 fully saturated rings. The van der Waals surface area contributed by atoms with Crippen LogP contribution in [0.4, 0.5) is 0 Å². The maximum absolute atomic E-state index is 4.72. The van der Waals surface area contributed by atoms with Crippen molar-refractivity contribution in [2.75, 3.05) is 0 Å². The SMILES string of the molecule is CCCCCCCCCc1cnc(-c2cccc(CCC3CCC(CCCCCCCC)CC3)c2)nc1. The first-order valence-electron chi connectivity index (χ1n) is 16.2. The number of aryl methyl sites for hydroxylation is 2. The third kappa shape index (κ3) is 12.1. The summed E-state index contributed by atoms with van der Waals surface area (Å²) in [5, 5.41) is 0. The second kappa shape index (κ2) is 18.5. The first-order chi connectivity index (χ1) is 18.3. The molecular weight excluding hydrogens is 448 g/mol. The molecule has 0 atom stereocenters. The highest BCUT2D eigenvalue weighted by Gasteiger charge is 2.20. The monoisotopic (exact) mass is 504 g/mol. The second-order valence-electron chi connectivity index (χ2n) is 12.0. The molecule has 2 nitrogen and oxygen atoms in total. The van der Waals surface area contributed by atoms with Gasteiger partial charge in [0.1, 0.15) is 0 Å². The number of aromatic nitrogens is 2. The summed E-state index contributed by atoms with van der Waals surface area (Å²) < 4.78 is 0. The van der Waals surface area contributed by atoms with Crippen LogP contribution >= 0.6 is 0 Å². The van der Waals surface area contributed by atoms with Gasteiger partial charge in [-0.3, -0.25) is 0 Å². The average molecular weight is 505 g/mol. The quantitative estimate of drug-likeness (QED) is 0.178. The van der Waals surface area contributed by atoms with Gasteiger partial charge < -0.3 is 0 Å². The number of unbranched alkanes of at least 4 members (excludes halogenated alkanes) is 11. The van der Waals surface area contributed by atoms with Crippen LogP contribution < -0.4 is 0 Å². The van der Waals surface area contributed by atoms with Gasteiger partial charge in [-0.05, 0) is 54.7 Å². The summed E-state index contributed by atoms with van der Waals surface area (Å²) in [6.45, 7) is 4.59. The predicted molar refractivity (Wildman–Crippen MR) is 161 cm³/mol. The Bertz CT molecular complexity index is 819. The minimum Gasteiger partial charge on any atom is -0.236 e. The Kier molecular flexibility index (Phi) is 15.0. The van der Waals surface area contributed by atoms with E-state index in [2.05, 4.69) is 50.5 Å². The molecule has 0 spiro atoms. The summed E-state index contributed by atoms with van der Waals surface area (Å²) in [5.74, 6) is 2.81. The molecule has 1 heterocycles. The van der Waals surface area contributed by atoms with Crippen LogP contribution in [-0.2, 0) is 12.8 Å². The van der Waals surface area contributed by atoms with Crippen LogP contribution in [0.5, 0.6) is 0 Å². The van der Waals surface area contributed by atoms with Crippen LogP contribution in [0.2, 0.25) is 0 Å². The van der Waals surface area contributed by atoms with Crippen molar-refractivity contribution in [2.24, 2.45) is 11.8 Å². The van der Waals surface area contributed by atoms with Crippen molar-refractivity contribution in [3.8, 4) is 11.4 Å². The molecule has 0 amide bonds. The molecule has 1 aromatic heterocycles. The van der Waals surface area contributed by atoms with Crippen molar-refractivity contribution in [3.05, 3.63) is 47.8 Å². The molecule has 0 aliphatic heterocycles. The minimum absolute atomic E-state index is 0.875. The number of benzene rings is 1. The normalized spacial score (nSPS) is 17.8. The largest absolute Gasteiger partial charge is 0.236 e. The summed E-state index contributed by atoms with van der Waals surface area (Å²) in [5.41, 5.74) is 3.89. The van der Waals surface area contributed by atoms with Crippen molar-refractivity contribution in [1.82, 2.24) is 9.97 Å². The molecule has 37 heavy (non-hydrogen) atoms. The van der Waals surface area contributed by atoms with Gasteiger partial charge in [-0.1, -0.05) is 141 Å². The average Bonchev–Trinajstić information content (AvgIpc) is 2.94. The zero-order valence-electron chi connectivity index (χ0n) is 24.4. The summed E-state index contributed by atoms with van der Waals surface area (Å²) in [4.78, 5) is 9.44. The summed E-state index contributed by atoms with van der Waals surface area (Å²) >= 11 is 0. The lowest BCUT2D eigenvalue weighted by Crippen LogP contribution is -2.15. The highest BCUT2D eigenvalue weighted by molar-refractivity contribution is 5.55. The molecule has 3 rings (SSSR count). The van der Waals surface area contributed by atoms with Crippen molar-refractivity contribution in [2.45, 2.75) is 149 Å². The fraction of sp³-hybridized carbons (Fsp3) is 0.714. The highest BCUT2D eigenvalue weighted by atomic mass is 14.9. The maximum atomic E-state index is 4.72. The van der Waals surface area contributed by atoms with E-state index in [1.165, 1.54) is 145 Å². The number of hydrogen-bond donors (Lipinski definition) is 0. The smallest absolute Gasteiger partial charge is 0.159 e. The molecule has 0 unspecified atom stereocenters. The van der Waals surface area contributed by atoms with Gasteiger partial charge in [-0.15, -0.1) is 0 Å². The fourth-order valence-electron chi connectivity index (χ4n) is 6.18. The van der Waals surface area contributed by atoms with Gasteiger partial charge in [-0.2, -0.15) is 0 Å².